The number of carbonyl (C=O) groups excluding carboxylic acids is 1. The summed E-state index contributed by atoms with van der Waals surface area (Å²) in [5.41, 5.74) is -0.280. The molecule has 1 N–H and O–H groups in total. The number of fused-ring (bicyclic) bond motifs is 1. The van der Waals surface area contributed by atoms with Crippen molar-refractivity contribution in [2.45, 2.75) is 18.9 Å². The summed E-state index contributed by atoms with van der Waals surface area (Å²) < 4.78 is 10.6. The summed E-state index contributed by atoms with van der Waals surface area (Å²) in [5.74, 6) is -0.457. The molecule has 1 amide bonds. The molecule has 0 spiro atoms. The van der Waals surface area contributed by atoms with Gasteiger partial charge in [-0.25, -0.2) is 4.79 Å². The van der Waals surface area contributed by atoms with Crippen molar-refractivity contribution in [3.8, 4) is 0 Å². The lowest BCUT2D eigenvalue weighted by atomic mass is 10.1. The van der Waals surface area contributed by atoms with Gasteiger partial charge in [-0.2, -0.15) is 0 Å². The zero-order valence-corrected chi connectivity index (χ0v) is 12.0. The largest absolute Gasteiger partial charge is 0.422 e. The van der Waals surface area contributed by atoms with Gasteiger partial charge < -0.3 is 14.5 Å². The van der Waals surface area contributed by atoms with Gasteiger partial charge in [0.2, 0.25) is 0 Å². The Balaban J connectivity index is 1.83. The van der Waals surface area contributed by atoms with Crippen molar-refractivity contribution in [3.05, 3.63) is 45.3 Å². The lowest BCUT2D eigenvalue weighted by Crippen LogP contribution is -2.34. The van der Waals surface area contributed by atoms with Crippen LogP contribution in [0.15, 0.2) is 33.5 Å². The second-order valence-electron chi connectivity index (χ2n) is 4.97. The van der Waals surface area contributed by atoms with Gasteiger partial charge in [0.05, 0.1) is 6.10 Å². The molecular weight excluding hydrogens is 294 g/mol. The summed E-state index contributed by atoms with van der Waals surface area (Å²) >= 11 is 5.90. The first-order valence-corrected chi connectivity index (χ1v) is 7.14. The molecule has 1 atom stereocenters. The van der Waals surface area contributed by atoms with Gasteiger partial charge in [-0.1, -0.05) is 11.6 Å². The third-order valence-corrected chi connectivity index (χ3v) is 3.69. The topological polar surface area (TPSA) is 68.5 Å². The average molecular weight is 308 g/mol. The molecule has 0 radical (unpaired) electrons. The van der Waals surface area contributed by atoms with Crippen LogP contribution in [0.5, 0.6) is 0 Å². The number of halogens is 1. The standard InChI is InChI=1S/C15H14ClNO4/c16-10-3-4-13-9(6-10)7-12(15(19)21-13)14(18)17-8-11-2-1-5-20-11/h3-4,6-7,11H,1-2,5,8H2,(H,17,18)/t11-/m1/s1. The van der Waals surface area contributed by atoms with Crippen molar-refractivity contribution in [2.24, 2.45) is 0 Å². The number of rotatable bonds is 3. The molecule has 1 aromatic heterocycles. The second kappa shape index (κ2) is 5.87. The fraction of sp³-hybridized carbons (Fsp3) is 0.333. The molecule has 1 aliphatic heterocycles. The highest BCUT2D eigenvalue weighted by molar-refractivity contribution is 6.31. The molecule has 3 rings (SSSR count). The predicted molar refractivity (Wildman–Crippen MR) is 78.8 cm³/mol. The van der Waals surface area contributed by atoms with Gasteiger partial charge in [0.1, 0.15) is 11.1 Å². The number of benzene rings is 1. The van der Waals surface area contributed by atoms with Crippen molar-refractivity contribution < 1.29 is 13.9 Å². The number of hydrogen-bond acceptors (Lipinski definition) is 4. The van der Waals surface area contributed by atoms with Crippen LogP contribution in [0.1, 0.15) is 23.2 Å². The van der Waals surface area contributed by atoms with E-state index in [1.807, 2.05) is 0 Å². The zero-order chi connectivity index (χ0) is 14.8. The maximum Gasteiger partial charge on any atom is 0.349 e. The zero-order valence-electron chi connectivity index (χ0n) is 11.2. The molecule has 110 valence electrons. The third kappa shape index (κ3) is 3.09. The Kier molecular flexibility index (Phi) is 3.94. The molecule has 0 aliphatic carbocycles. The van der Waals surface area contributed by atoms with Crippen LogP contribution in [-0.2, 0) is 4.74 Å². The van der Waals surface area contributed by atoms with Gasteiger partial charge in [0.25, 0.3) is 5.91 Å². The molecule has 2 aromatic rings. The monoisotopic (exact) mass is 307 g/mol. The lowest BCUT2D eigenvalue weighted by molar-refractivity contribution is 0.0855. The van der Waals surface area contributed by atoms with E-state index < -0.39 is 11.5 Å². The molecule has 5 nitrogen and oxygen atoms in total. The minimum Gasteiger partial charge on any atom is -0.422 e. The van der Waals surface area contributed by atoms with E-state index in [2.05, 4.69) is 5.32 Å². The fourth-order valence-corrected chi connectivity index (χ4v) is 2.54. The summed E-state index contributed by atoms with van der Waals surface area (Å²) in [4.78, 5) is 24.0. The molecule has 1 aliphatic rings. The van der Waals surface area contributed by atoms with Crippen LogP contribution in [0.4, 0.5) is 0 Å². The van der Waals surface area contributed by atoms with Crippen molar-refractivity contribution in [1.82, 2.24) is 5.32 Å². The molecular formula is C15H14ClNO4. The summed E-state index contributed by atoms with van der Waals surface area (Å²) in [5, 5.41) is 3.84. The van der Waals surface area contributed by atoms with Crippen molar-refractivity contribution >= 4 is 28.5 Å². The van der Waals surface area contributed by atoms with Gasteiger partial charge in [-0.15, -0.1) is 0 Å². The van der Waals surface area contributed by atoms with Gasteiger partial charge in [-0.05, 0) is 37.1 Å². The van der Waals surface area contributed by atoms with Crippen LogP contribution >= 0.6 is 11.6 Å². The van der Waals surface area contributed by atoms with Gasteiger partial charge in [0, 0.05) is 23.6 Å². The molecule has 0 bridgehead atoms. The van der Waals surface area contributed by atoms with Crippen molar-refractivity contribution in [3.63, 3.8) is 0 Å². The van der Waals surface area contributed by atoms with E-state index in [0.29, 0.717) is 22.5 Å². The highest BCUT2D eigenvalue weighted by Gasteiger charge is 2.18. The van der Waals surface area contributed by atoms with Gasteiger partial charge >= 0.3 is 5.63 Å². The van der Waals surface area contributed by atoms with E-state index in [1.54, 1.807) is 18.2 Å². The first-order valence-electron chi connectivity index (χ1n) is 6.77. The predicted octanol–water partition coefficient (Wildman–Crippen LogP) is 2.36. The Hall–Kier alpha value is -1.85. The van der Waals surface area contributed by atoms with Gasteiger partial charge in [-0.3, -0.25) is 4.79 Å². The molecule has 0 saturated carbocycles. The van der Waals surface area contributed by atoms with E-state index in [-0.39, 0.29) is 11.7 Å². The van der Waals surface area contributed by atoms with E-state index >= 15 is 0 Å². The van der Waals surface area contributed by atoms with Crippen molar-refractivity contribution in [1.29, 1.82) is 0 Å². The molecule has 1 fully saturated rings. The molecule has 0 unspecified atom stereocenters. The first kappa shape index (κ1) is 14.1. The van der Waals surface area contributed by atoms with Crippen LogP contribution in [0.3, 0.4) is 0 Å². The van der Waals surface area contributed by atoms with E-state index in [4.69, 9.17) is 20.8 Å². The first-order chi connectivity index (χ1) is 10.1. The van der Waals surface area contributed by atoms with E-state index in [9.17, 15) is 9.59 Å². The van der Waals surface area contributed by atoms with Crippen molar-refractivity contribution in [2.75, 3.05) is 13.2 Å². The highest BCUT2D eigenvalue weighted by atomic mass is 35.5. The number of nitrogens with one attached hydrogen (secondary N) is 1. The third-order valence-electron chi connectivity index (χ3n) is 3.45. The normalized spacial score (nSPS) is 18.0. The van der Waals surface area contributed by atoms with Gasteiger partial charge in [0.15, 0.2) is 0 Å². The smallest absolute Gasteiger partial charge is 0.349 e. The number of hydrogen-bond donors (Lipinski definition) is 1. The van der Waals surface area contributed by atoms with Crippen LogP contribution in [0.25, 0.3) is 11.0 Å². The van der Waals surface area contributed by atoms with E-state index in [0.717, 1.165) is 19.4 Å². The Morgan fingerprint density at radius 1 is 1.38 bits per heavy atom. The summed E-state index contributed by atoms with van der Waals surface area (Å²) in [7, 11) is 0. The minimum atomic E-state index is -0.658. The number of amides is 1. The molecule has 1 saturated heterocycles. The van der Waals surface area contributed by atoms with Crippen LogP contribution < -0.4 is 10.9 Å². The average Bonchev–Trinajstić information content (AvgIpc) is 2.98. The summed E-state index contributed by atoms with van der Waals surface area (Å²) in [6, 6.07) is 6.38. The molecule has 6 heteroatoms. The van der Waals surface area contributed by atoms with Crippen LogP contribution in [0.2, 0.25) is 5.02 Å². The van der Waals surface area contributed by atoms with E-state index in [1.165, 1.54) is 6.07 Å². The fourth-order valence-electron chi connectivity index (χ4n) is 2.36. The minimum absolute atomic E-state index is 0.0240. The van der Waals surface area contributed by atoms with Crippen LogP contribution in [-0.4, -0.2) is 25.2 Å². The SMILES string of the molecule is O=C(NC[C@H]1CCCO1)c1cc2cc(Cl)ccc2oc1=O. The Bertz CT molecular complexity index is 734. The Morgan fingerprint density at radius 2 is 2.24 bits per heavy atom. The quantitative estimate of drug-likeness (QED) is 0.884. The highest BCUT2D eigenvalue weighted by Crippen LogP contribution is 2.19. The molecule has 1 aromatic carbocycles. The Labute approximate surface area is 125 Å². The maximum atomic E-state index is 12.1. The summed E-state index contributed by atoms with van der Waals surface area (Å²) in [6.45, 7) is 1.11. The summed E-state index contributed by atoms with van der Waals surface area (Å²) in [6.07, 6.45) is 1.94. The maximum absolute atomic E-state index is 12.1. The number of ether oxygens (including phenoxy) is 1. The Morgan fingerprint density at radius 3 is 3.00 bits per heavy atom. The lowest BCUT2D eigenvalue weighted by Gasteiger charge is -2.10. The molecule has 2 heterocycles. The number of carbonyl (C=O) groups is 1. The second-order valence-corrected chi connectivity index (χ2v) is 5.41. The molecule has 21 heavy (non-hydrogen) atoms. The van der Waals surface area contributed by atoms with Crippen LogP contribution in [0, 0.1) is 0 Å².